The molecule has 0 bridgehead atoms. The van der Waals surface area contributed by atoms with Crippen LogP contribution in [0.5, 0.6) is 0 Å². The Bertz CT molecular complexity index is 729. The largest absolute Gasteiger partial charge is 0.376 e. The van der Waals surface area contributed by atoms with Gasteiger partial charge in [0.15, 0.2) is 0 Å². The van der Waals surface area contributed by atoms with E-state index in [1.54, 1.807) is 28.6 Å². The Morgan fingerprint density at radius 1 is 1.15 bits per heavy atom. The van der Waals surface area contributed by atoms with Gasteiger partial charge < -0.3 is 9.64 Å². The van der Waals surface area contributed by atoms with Gasteiger partial charge in [0.05, 0.1) is 17.6 Å². The number of rotatable bonds is 4. The standard InChI is InChI=1S/C21H32N2O3S/c1-18-6-5-11-22(15-18)16-19-14-21(17-26-19)9-12-23(13-10-21)27(24,25)20-7-3-2-4-8-20/h2-4,7-8,18-19H,5-6,9-17H2,1H3/t18-,19-/m1/s1. The lowest BCUT2D eigenvalue weighted by atomic mass is 9.77. The van der Waals surface area contributed by atoms with E-state index in [1.807, 2.05) is 6.07 Å². The fourth-order valence-electron chi connectivity index (χ4n) is 5.04. The van der Waals surface area contributed by atoms with Crippen LogP contribution in [0.25, 0.3) is 0 Å². The van der Waals surface area contributed by atoms with E-state index in [2.05, 4.69) is 11.8 Å². The summed E-state index contributed by atoms with van der Waals surface area (Å²) in [6.45, 7) is 7.77. The van der Waals surface area contributed by atoms with Crippen molar-refractivity contribution in [2.45, 2.75) is 50.0 Å². The van der Waals surface area contributed by atoms with Gasteiger partial charge in [-0.05, 0) is 62.1 Å². The summed E-state index contributed by atoms with van der Waals surface area (Å²) in [5.41, 5.74) is 0.175. The van der Waals surface area contributed by atoms with Crippen LogP contribution < -0.4 is 0 Å². The van der Waals surface area contributed by atoms with Crippen molar-refractivity contribution in [2.24, 2.45) is 11.3 Å². The zero-order valence-electron chi connectivity index (χ0n) is 16.3. The van der Waals surface area contributed by atoms with Crippen molar-refractivity contribution in [1.29, 1.82) is 0 Å². The molecule has 6 heteroatoms. The van der Waals surface area contributed by atoms with Crippen LogP contribution in [0.2, 0.25) is 0 Å². The van der Waals surface area contributed by atoms with Crippen LogP contribution in [-0.2, 0) is 14.8 Å². The molecule has 3 fully saturated rings. The summed E-state index contributed by atoms with van der Waals surface area (Å²) in [6.07, 6.45) is 5.85. The van der Waals surface area contributed by atoms with Gasteiger partial charge in [-0.1, -0.05) is 25.1 Å². The molecule has 0 aromatic heterocycles. The smallest absolute Gasteiger partial charge is 0.243 e. The molecule has 0 N–H and O–H groups in total. The van der Waals surface area contributed by atoms with E-state index in [0.717, 1.165) is 38.3 Å². The van der Waals surface area contributed by atoms with Crippen LogP contribution >= 0.6 is 0 Å². The maximum atomic E-state index is 12.8. The highest BCUT2D eigenvalue weighted by atomic mass is 32.2. The third-order valence-corrected chi connectivity index (χ3v) is 8.57. The lowest BCUT2D eigenvalue weighted by molar-refractivity contribution is 0.0482. The molecule has 0 amide bonds. The number of piperidine rings is 2. The molecule has 1 aromatic carbocycles. The second-order valence-corrected chi connectivity index (χ2v) is 10.8. The van der Waals surface area contributed by atoms with E-state index in [1.165, 1.54) is 25.9 Å². The SMILES string of the molecule is C[C@@H]1CCCN(C[C@H]2CC3(CCN(S(=O)(=O)c4ccccc4)CC3)CO2)C1. The molecule has 5 nitrogen and oxygen atoms in total. The van der Waals surface area contributed by atoms with Gasteiger partial charge in [-0.25, -0.2) is 8.42 Å². The lowest BCUT2D eigenvalue weighted by Crippen LogP contribution is -2.44. The molecule has 2 atom stereocenters. The predicted octanol–water partition coefficient (Wildman–Crippen LogP) is 2.98. The van der Waals surface area contributed by atoms with Crippen molar-refractivity contribution in [2.75, 3.05) is 39.3 Å². The molecule has 0 unspecified atom stereocenters. The summed E-state index contributed by atoms with van der Waals surface area (Å²) in [4.78, 5) is 2.97. The summed E-state index contributed by atoms with van der Waals surface area (Å²) in [7, 11) is -3.37. The van der Waals surface area contributed by atoms with Gasteiger partial charge in [0.1, 0.15) is 0 Å². The van der Waals surface area contributed by atoms with Gasteiger partial charge in [0, 0.05) is 26.2 Å². The van der Waals surface area contributed by atoms with E-state index in [9.17, 15) is 8.42 Å². The molecular weight excluding hydrogens is 360 g/mol. The number of hydrogen-bond acceptors (Lipinski definition) is 4. The Morgan fingerprint density at radius 3 is 2.59 bits per heavy atom. The molecule has 3 saturated heterocycles. The highest BCUT2D eigenvalue weighted by Gasteiger charge is 2.44. The number of sulfonamides is 1. The Morgan fingerprint density at radius 2 is 1.89 bits per heavy atom. The van der Waals surface area contributed by atoms with Crippen molar-refractivity contribution in [3.63, 3.8) is 0 Å². The highest BCUT2D eigenvalue weighted by Crippen LogP contribution is 2.43. The van der Waals surface area contributed by atoms with Gasteiger partial charge in [0.25, 0.3) is 0 Å². The minimum Gasteiger partial charge on any atom is -0.376 e. The molecule has 1 aromatic rings. The number of ether oxygens (including phenoxy) is 1. The van der Waals surface area contributed by atoms with Crippen LogP contribution in [0, 0.1) is 11.3 Å². The molecule has 3 aliphatic rings. The molecular formula is C21H32N2O3S. The number of nitrogens with zero attached hydrogens (tertiary/aromatic N) is 2. The van der Waals surface area contributed by atoms with Crippen LogP contribution in [0.3, 0.4) is 0 Å². The summed E-state index contributed by atoms with van der Waals surface area (Å²) < 4.78 is 33.5. The summed E-state index contributed by atoms with van der Waals surface area (Å²) >= 11 is 0. The van der Waals surface area contributed by atoms with Crippen LogP contribution in [0.1, 0.15) is 39.0 Å². The second-order valence-electron chi connectivity index (χ2n) is 8.86. The van der Waals surface area contributed by atoms with Crippen LogP contribution in [0.15, 0.2) is 35.2 Å². The zero-order valence-corrected chi connectivity index (χ0v) is 17.2. The minimum atomic E-state index is -3.37. The van der Waals surface area contributed by atoms with Gasteiger partial charge in [-0.2, -0.15) is 4.31 Å². The lowest BCUT2D eigenvalue weighted by Gasteiger charge is -2.38. The Hall–Kier alpha value is -0.950. The highest BCUT2D eigenvalue weighted by molar-refractivity contribution is 7.89. The normalized spacial score (nSPS) is 30.0. The van der Waals surface area contributed by atoms with Crippen molar-refractivity contribution >= 4 is 10.0 Å². The van der Waals surface area contributed by atoms with Crippen LogP contribution in [-0.4, -0.2) is 63.1 Å². The third kappa shape index (κ3) is 4.24. The van der Waals surface area contributed by atoms with Crippen molar-refractivity contribution in [3.8, 4) is 0 Å². The van der Waals surface area contributed by atoms with Crippen molar-refractivity contribution in [1.82, 2.24) is 9.21 Å². The van der Waals surface area contributed by atoms with Crippen LogP contribution in [0.4, 0.5) is 0 Å². The van der Waals surface area contributed by atoms with Crippen molar-refractivity contribution < 1.29 is 13.2 Å². The molecule has 0 saturated carbocycles. The monoisotopic (exact) mass is 392 g/mol. The topological polar surface area (TPSA) is 49.9 Å². The minimum absolute atomic E-state index is 0.175. The number of benzene rings is 1. The average Bonchev–Trinajstić information content (AvgIpc) is 3.05. The fraction of sp³-hybridized carbons (Fsp3) is 0.714. The second kappa shape index (κ2) is 7.82. The van der Waals surface area contributed by atoms with E-state index < -0.39 is 10.0 Å². The van der Waals surface area contributed by atoms with Gasteiger partial charge in [-0.3, -0.25) is 0 Å². The van der Waals surface area contributed by atoms with E-state index in [4.69, 9.17) is 4.74 Å². The Kier molecular flexibility index (Phi) is 5.61. The van der Waals surface area contributed by atoms with Crippen molar-refractivity contribution in [3.05, 3.63) is 30.3 Å². The molecule has 3 aliphatic heterocycles. The summed E-state index contributed by atoms with van der Waals surface area (Å²) in [5, 5.41) is 0. The first-order valence-electron chi connectivity index (χ1n) is 10.4. The van der Waals surface area contributed by atoms with E-state index in [0.29, 0.717) is 24.1 Å². The number of hydrogen-bond donors (Lipinski definition) is 0. The number of likely N-dealkylation sites (tertiary alicyclic amines) is 1. The zero-order chi connectivity index (χ0) is 18.9. The predicted molar refractivity (Wildman–Crippen MR) is 106 cm³/mol. The molecule has 150 valence electrons. The quantitative estimate of drug-likeness (QED) is 0.790. The van der Waals surface area contributed by atoms with E-state index >= 15 is 0 Å². The molecule has 0 aliphatic carbocycles. The molecule has 4 rings (SSSR count). The van der Waals surface area contributed by atoms with Gasteiger partial charge in [0.2, 0.25) is 10.0 Å². The first kappa shape index (κ1) is 19.4. The molecule has 1 spiro atoms. The molecule has 3 heterocycles. The Balaban J connectivity index is 1.33. The fourth-order valence-corrected chi connectivity index (χ4v) is 6.51. The molecule has 0 radical (unpaired) electrons. The first-order valence-corrected chi connectivity index (χ1v) is 11.8. The van der Waals surface area contributed by atoms with Gasteiger partial charge in [-0.15, -0.1) is 0 Å². The summed E-state index contributed by atoms with van der Waals surface area (Å²) in [5.74, 6) is 0.792. The Labute approximate surface area is 163 Å². The molecule has 27 heavy (non-hydrogen) atoms. The van der Waals surface area contributed by atoms with Gasteiger partial charge >= 0.3 is 0 Å². The third-order valence-electron chi connectivity index (χ3n) is 6.65. The average molecular weight is 393 g/mol. The maximum absolute atomic E-state index is 12.8. The van der Waals surface area contributed by atoms with E-state index in [-0.39, 0.29) is 5.41 Å². The first-order chi connectivity index (χ1) is 13.0. The maximum Gasteiger partial charge on any atom is 0.243 e. The summed E-state index contributed by atoms with van der Waals surface area (Å²) in [6, 6.07) is 8.80.